The molecule has 0 aromatic carbocycles. The van der Waals surface area contributed by atoms with Gasteiger partial charge in [0.05, 0.1) is 0 Å². The Kier molecular flexibility index (Phi) is 10.4. The second-order valence-corrected chi connectivity index (χ2v) is 2.89. The molecule has 2 atom stereocenters. The molecule has 0 saturated carbocycles. The van der Waals surface area contributed by atoms with E-state index in [9.17, 15) is 9.59 Å². The molecule has 0 aromatic heterocycles. The lowest BCUT2D eigenvalue weighted by atomic mass is 10.4. The molecule has 0 fully saturated rings. The Morgan fingerprint density at radius 3 is 1.57 bits per heavy atom. The number of nitrogens with two attached hydrogens (primary N) is 1. The molecule has 0 heterocycles. The van der Waals surface area contributed by atoms with Crippen LogP contribution in [0.3, 0.4) is 0 Å². The van der Waals surface area contributed by atoms with Gasteiger partial charge in [0, 0.05) is 11.5 Å². The molecule has 0 amide bonds. The predicted octanol–water partition coefficient (Wildman–Crippen LogP) is -1.31. The molecular formula is C6H13NO5S2. The van der Waals surface area contributed by atoms with Crippen molar-refractivity contribution in [2.24, 2.45) is 5.73 Å². The van der Waals surface area contributed by atoms with Crippen molar-refractivity contribution in [3.8, 4) is 0 Å². The summed E-state index contributed by atoms with van der Waals surface area (Å²) in [6.07, 6.45) is -1.32. The Balaban J connectivity index is 0. The van der Waals surface area contributed by atoms with Crippen molar-refractivity contribution in [2.45, 2.75) is 12.1 Å². The lowest BCUT2D eigenvalue weighted by Gasteiger charge is -1.96. The number of hydrogen-bond acceptors (Lipinski definition) is 6. The molecule has 1 unspecified atom stereocenters. The molecule has 0 saturated heterocycles. The van der Waals surface area contributed by atoms with E-state index >= 15 is 0 Å². The maximum atomic E-state index is 9.76. The highest BCUT2D eigenvalue weighted by Crippen LogP contribution is 1.83. The lowest BCUT2D eigenvalue weighted by Crippen LogP contribution is -2.31. The van der Waals surface area contributed by atoms with Crippen LogP contribution in [0.15, 0.2) is 0 Å². The second kappa shape index (κ2) is 9.13. The third kappa shape index (κ3) is 9.65. The Morgan fingerprint density at radius 1 is 1.14 bits per heavy atom. The van der Waals surface area contributed by atoms with Crippen LogP contribution in [-0.4, -0.2) is 50.9 Å². The summed E-state index contributed by atoms with van der Waals surface area (Å²) in [6.45, 7) is 0. The van der Waals surface area contributed by atoms with E-state index in [-0.39, 0.29) is 11.5 Å². The fraction of sp³-hybridized carbons (Fsp3) is 0.667. The number of carboxylic acid groups (broad SMARTS) is 2. The number of carboxylic acids is 2. The summed E-state index contributed by atoms with van der Waals surface area (Å²) < 4.78 is 0. The van der Waals surface area contributed by atoms with Crippen molar-refractivity contribution < 1.29 is 24.9 Å². The van der Waals surface area contributed by atoms with Crippen LogP contribution in [0.1, 0.15) is 0 Å². The van der Waals surface area contributed by atoms with Crippen molar-refractivity contribution in [1.29, 1.82) is 0 Å². The van der Waals surface area contributed by atoms with E-state index in [0.29, 0.717) is 0 Å². The van der Waals surface area contributed by atoms with Gasteiger partial charge in [-0.1, -0.05) is 0 Å². The minimum atomic E-state index is -1.32. The molecule has 0 aromatic rings. The number of hydrogen-bond donors (Lipinski definition) is 6. The average molecular weight is 243 g/mol. The number of rotatable bonds is 4. The number of aliphatic carboxylic acids is 2. The molecular weight excluding hydrogens is 230 g/mol. The molecule has 0 bridgehead atoms. The number of carbonyl (C=O) groups is 2. The van der Waals surface area contributed by atoms with E-state index in [1.54, 1.807) is 0 Å². The molecule has 0 aliphatic rings. The summed E-state index contributed by atoms with van der Waals surface area (Å²) >= 11 is 7.17. The zero-order chi connectivity index (χ0) is 11.7. The van der Waals surface area contributed by atoms with Gasteiger partial charge >= 0.3 is 11.9 Å². The molecule has 0 rings (SSSR count). The van der Waals surface area contributed by atoms with Gasteiger partial charge in [-0.3, -0.25) is 4.79 Å². The second-order valence-electron chi connectivity index (χ2n) is 2.16. The summed E-state index contributed by atoms with van der Waals surface area (Å²) in [4.78, 5) is 19.4. The van der Waals surface area contributed by atoms with Gasteiger partial charge in [-0.2, -0.15) is 25.3 Å². The molecule has 8 heteroatoms. The number of aliphatic hydroxyl groups is 1. The summed E-state index contributed by atoms with van der Waals surface area (Å²) in [5, 5.41) is 24.2. The third-order valence-corrected chi connectivity index (χ3v) is 1.71. The van der Waals surface area contributed by atoms with Gasteiger partial charge in [-0.25, -0.2) is 4.79 Å². The van der Waals surface area contributed by atoms with E-state index in [4.69, 9.17) is 21.1 Å². The summed E-state index contributed by atoms with van der Waals surface area (Å²) in [5.74, 6) is -2.07. The Hall–Kier alpha value is -0.440. The third-order valence-electron chi connectivity index (χ3n) is 0.972. The maximum Gasteiger partial charge on any atom is 0.333 e. The van der Waals surface area contributed by atoms with Gasteiger partial charge in [0.25, 0.3) is 0 Å². The molecule has 6 nitrogen and oxygen atoms in total. The first-order valence-corrected chi connectivity index (χ1v) is 4.74. The molecule has 0 aliphatic heterocycles. The SMILES string of the molecule is N[C@@H](CS)C(=O)O.O=C(O)C(O)CS. The molecule has 14 heavy (non-hydrogen) atoms. The number of thiol groups is 2. The molecule has 0 spiro atoms. The first-order chi connectivity index (χ1) is 6.36. The Labute approximate surface area is 91.9 Å². The summed E-state index contributed by atoms with van der Waals surface area (Å²) in [7, 11) is 0. The van der Waals surface area contributed by atoms with Crippen LogP contribution in [0.4, 0.5) is 0 Å². The van der Waals surface area contributed by atoms with E-state index in [0.717, 1.165) is 0 Å². The van der Waals surface area contributed by atoms with Crippen molar-refractivity contribution in [1.82, 2.24) is 0 Å². The van der Waals surface area contributed by atoms with Crippen LogP contribution in [-0.2, 0) is 9.59 Å². The maximum absolute atomic E-state index is 9.76. The highest BCUT2D eigenvalue weighted by atomic mass is 32.1. The highest BCUT2D eigenvalue weighted by Gasteiger charge is 2.08. The van der Waals surface area contributed by atoms with Crippen molar-refractivity contribution in [3.05, 3.63) is 0 Å². The van der Waals surface area contributed by atoms with Crippen molar-refractivity contribution in [3.63, 3.8) is 0 Å². The van der Waals surface area contributed by atoms with E-state index in [1.165, 1.54) is 0 Å². The van der Waals surface area contributed by atoms with Crippen LogP contribution < -0.4 is 5.73 Å². The van der Waals surface area contributed by atoms with Crippen LogP contribution in [0.5, 0.6) is 0 Å². The Bertz CT molecular complexity index is 169. The van der Waals surface area contributed by atoms with Gasteiger partial charge < -0.3 is 21.1 Å². The van der Waals surface area contributed by atoms with Crippen LogP contribution in [0, 0.1) is 0 Å². The van der Waals surface area contributed by atoms with E-state index in [1.807, 2.05) is 0 Å². The van der Waals surface area contributed by atoms with Gasteiger partial charge in [0.2, 0.25) is 0 Å². The molecule has 5 N–H and O–H groups in total. The Morgan fingerprint density at radius 2 is 1.57 bits per heavy atom. The lowest BCUT2D eigenvalue weighted by molar-refractivity contribution is -0.145. The zero-order valence-electron chi connectivity index (χ0n) is 7.20. The first-order valence-electron chi connectivity index (χ1n) is 3.47. The fourth-order valence-electron chi connectivity index (χ4n) is 0.156. The van der Waals surface area contributed by atoms with E-state index in [2.05, 4.69) is 25.3 Å². The number of aliphatic hydroxyl groups excluding tert-OH is 1. The molecule has 0 radical (unpaired) electrons. The first kappa shape index (κ1) is 16.0. The van der Waals surface area contributed by atoms with Crippen LogP contribution in [0.25, 0.3) is 0 Å². The standard InChI is InChI=1S/C3H7NO2S.C3H6O3S/c2*4-2(1-7)3(5)6/h2,7H,1,4H2,(H,5,6);2,4,7H,1H2,(H,5,6)/t2-;/m0./s1. The van der Waals surface area contributed by atoms with Gasteiger partial charge in [-0.15, -0.1) is 0 Å². The predicted molar refractivity (Wildman–Crippen MR) is 57.0 cm³/mol. The molecule has 84 valence electrons. The normalized spacial score (nSPS) is 13.4. The van der Waals surface area contributed by atoms with Crippen molar-refractivity contribution >= 4 is 37.2 Å². The van der Waals surface area contributed by atoms with Crippen molar-refractivity contribution in [2.75, 3.05) is 11.5 Å². The summed E-state index contributed by atoms with van der Waals surface area (Å²) in [5.41, 5.74) is 4.94. The quantitative estimate of drug-likeness (QED) is 0.341. The topological polar surface area (TPSA) is 121 Å². The van der Waals surface area contributed by atoms with Crippen LogP contribution >= 0.6 is 25.3 Å². The zero-order valence-corrected chi connectivity index (χ0v) is 8.99. The van der Waals surface area contributed by atoms with Gasteiger partial charge in [0.1, 0.15) is 6.04 Å². The van der Waals surface area contributed by atoms with Gasteiger partial charge in [0.15, 0.2) is 6.10 Å². The highest BCUT2D eigenvalue weighted by molar-refractivity contribution is 7.80. The minimum Gasteiger partial charge on any atom is -0.480 e. The summed E-state index contributed by atoms with van der Waals surface area (Å²) in [6, 6.07) is -0.816. The largest absolute Gasteiger partial charge is 0.480 e. The van der Waals surface area contributed by atoms with Crippen LogP contribution in [0.2, 0.25) is 0 Å². The van der Waals surface area contributed by atoms with E-state index < -0.39 is 24.1 Å². The molecule has 0 aliphatic carbocycles. The monoisotopic (exact) mass is 243 g/mol. The fourth-order valence-corrected chi connectivity index (χ4v) is 0.469. The van der Waals surface area contributed by atoms with Gasteiger partial charge in [-0.05, 0) is 0 Å². The minimum absolute atomic E-state index is 0.0324. The average Bonchev–Trinajstić information content (AvgIpc) is 2.15. The smallest absolute Gasteiger partial charge is 0.333 e.